The molecule has 3 heterocycles. The number of hydrogen-bond donors (Lipinski definition) is 3. The van der Waals surface area contributed by atoms with Gasteiger partial charge in [0.05, 0.1) is 11.3 Å². The highest BCUT2D eigenvalue weighted by Crippen LogP contribution is 2.40. The van der Waals surface area contributed by atoms with E-state index in [-0.39, 0.29) is 34.7 Å². The van der Waals surface area contributed by atoms with Crippen molar-refractivity contribution in [2.24, 2.45) is 5.41 Å². The van der Waals surface area contributed by atoms with Gasteiger partial charge in [0, 0.05) is 63.0 Å². The highest BCUT2D eigenvalue weighted by Gasteiger charge is 2.52. The molecule has 1 spiro atoms. The Morgan fingerprint density at radius 2 is 1.85 bits per heavy atom. The number of aromatic nitrogens is 1. The van der Waals surface area contributed by atoms with E-state index in [9.17, 15) is 22.8 Å². The lowest BCUT2D eigenvalue weighted by molar-refractivity contribution is -0.128. The van der Waals surface area contributed by atoms with Crippen LogP contribution in [-0.2, 0) is 21.4 Å². The number of nitrogens with one attached hydrogen (secondary N) is 3. The molecule has 1 unspecified atom stereocenters. The van der Waals surface area contributed by atoms with Crippen LogP contribution >= 0.6 is 23.2 Å². The minimum Gasteiger partial charge on any atom is -0.463 e. The van der Waals surface area contributed by atoms with Crippen molar-refractivity contribution in [1.29, 1.82) is 0 Å². The molecule has 12 nitrogen and oxygen atoms in total. The molecule has 2 fully saturated rings. The van der Waals surface area contributed by atoms with E-state index in [1.165, 1.54) is 12.3 Å². The first-order chi connectivity index (χ1) is 19.4. The molecule has 222 valence electrons. The van der Waals surface area contributed by atoms with Crippen molar-refractivity contribution in [2.75, 3.05) is 45.5 Å². The summed E-state index contributed by atoms with van der Waals surface area (Å²) >= 11 is 12.0. The van der Waals surface area contributed by atoms with Crippen molar-refractivity contribution in [3.63, 3.8) is 0 Å². The average molecular weight is 628 g/mol. The summed E-state index contributed by atoms with van der Waals surface area (Å²) in [4.78, 5) is 45.3. The van der Waals surface area contributed by atoms with Gasteiger partial charge in [-0.2, -0.15) is 0 Å². The molecule has 0 radical (unpaired) electrons. The first-order valence-electron chi connectivity index (χ1n) is 13.0. The molecule has 3 N–H and O–H groups in total. The van der Waals surface area contributed by atoms with Gasteiger partial charge in [-0.3, -0.25) is 9.59 Å². The van der Waals surface area contributed by atoms with Gasteiger partial charge in [-0.15, -0.1) is 0 Å². The summed E-state index contributed by atoms with van der Waals surface area (Å²) in [5.41, 5.74) is 1.37. The molecule has 1 atom stereocenters. The maximum absolute atomic E-state index is 13.1. The summed E-state index contributed by atoms with van der Waals surface area (Å²) in [6.07, 6.45) is 1.91. The molecule has 1 aromatic carbocycles. The van der Waals surface area contributed by atoms with E-state index in [4.69, 9.17) is 27.9 Å². The van der Waals surface area contributed by atoms with Gasteiger partial charge in [0.15, 0.2) is 6.10 Å². The molecule has 4 amide bonds. The number of urea groups is 1. The van der Waals surface area contributed by atoms with E-state index in [2.05, 4.69) is 20.5 Å². The number of rotatable bonds is 11. The third-order valence-electron chi connectivity index (χ3n) is 6.78. The molecule has 4 rings (SSSR count). The Morgan fingerprint density at radius 3 is 2.51 bits per heavy atom. The second-order valence-electron chi connectivity index (χ2n) is 10.4. The number of ether oxygens (including phenoxy) is 1. The van der Waals surface area contributed by atoms with Gasteiger partial charge in [-0.05, 0) is 30.2 Å². The highest BCUT2D eigenvalue weighted by atomic mass is 35.5. The number of likely N-dealkylation sites (tertiary alicyclic amines) is 2. The number of benzene rings is 1. The number of halogens is 2. The fourth-order valence-electron chi connectivity index (χ4n) is 4.95. The lowest BCUT2D eigenvalue weighted by Crippen LogP contribution is -2.73. The topological polar surface area (TPSA) is 150 Å². The molecular weight excluding hydrogens is 595 g/mol. The van der Waals surface area contributed by atoms with Gasteiger partial charge in [-0.25, -0.2) is 22.9 Å². The normalized spacial score (nSPS) is 16.7. The largest absolute Gasteiger partial charge is 0.463 e. The van der Waals surface area contributed by atoms with E-state index in [1.54, 1.807) is 23.1 Å². The summed E-state index contributed by atoms with van der Waals surface area (Å²) in [5.74, 6) is -0.275. The highest BCUT2D eigenvalue weighted by molar-refractivity contribution is 7.89. The Kier molecular flexibility index (Phi) is 9.62. The van der Waals surface area contributed by atoms with E-state index in [0.717, 1.165) is 24.9 Å². The van der Waals surface area contributed by atoms with Crippen LogP contribution in [0.4, 0.5) is 4.79 Å². The summed E-state index contributed by atoms with van der Waals surface area (Å²) in [6.45, 7) is 5.83. The van der Waals surface area contributed by atoms with Crippen molar-refractivity contribution in [1.82, 2.24) is 30.1 Å². The van der Waals surface area contributed by atoms with Crippen LogP contribution in [0.15, 0.2) is 36.5 Å². The quantitative estimate of drug-likeness (QED) is 0.342. The van der Waals surface area contributed by atoms with Crippen molar-refractivity contribution in [3.8, 4) is 5.88 Å². The monoisotopic (exact) mass is 626 g/mol. The minimum atomic E-state index is -3.59. The van der Waals surface area contributed by atoms with Crippen molar-refractivity contribution in [2.45, 2.75) is 26.0 Å². The van der Waals surface area contributed by atoms with E-state index < -0.39 is 22.2 Å². The molecule has 2 aliphatic heterocycles. The molecule has 0 bridgehead atoms. The Hall–Kier alpha value is -3.13. The number of amides is 4. The molecule has 0 aliphatic carbocycles. The Morgan fingerprint density at radius 1 is 1.12 bits per heavy atom. The summed E-state index contributed by atoms with van der Waals surface area (Å²) in [7, 11) is -3.59. The number of carbonyl (C=O) groups excluding carboxylic acids is 3. The Balaban J connectivity index is 1.20. The number of pyridine rings is 1. The molecule has 2 aliphatic rings. The molecular formula is C26H32Cl2N6O6S. The summed E-state index contributed by atoms with van der Waals surface area (Å²) < 4.78 is 29.7. The fraction of sp³-hybridized carbons (Fsp3) is 0.462. The molecule has 41 heavy (non-hydrogen) atoms. The third kappa shape index (κ3) is 8.22. The fourth-order valence-corrected chi connectivity index (χ4v) is 5.78. The minimum absolute atomic E-state index is 0.0489. The Bertz CT molecular complexity index is 1410. The van der Waals surface area contributed by atoms with Crippen molar-refractivity contribution < 1.29 is 27.5 Å². The first kappa shape index (κ1) is 30.8. The lowest BCUT2D eigenvalue weighted by atomic mass is 9.72. The average Bonchev–Trinajstić information content (AvgIpc) is 2.85. The van der Waals surface area contributed by atoms with Crippen LogP contribution in [0.1, 0.15) is 29.3 Å². The smallest absolute Gasteiger partial charge is 0.328 e. The van der Waals surface area contributed by atoms with Crippen molar-refractivity contribution in [3.05, 3.63) is 57.7 Å². The Labute approximate surface area is 248 Å². The van der Waals surface area contributed by atoms with Crippen LogP contribution in [-0.4, -0.2) is 92.7 Å². The first-order valence-corrected chi connectivity index (χ1v) is 15.6. The SMILES string of the molecule is CCC(Oc1ncc(Cl)cc1Cl)C(=O)NCc1cccc(C(=O)N2CC3(CN(CCNC(=O)NS(C)(=O)=O)C3)C2)c1. The number of hydrogen-bond acceptors (Lipinski definition) is 8. The molecule has 15 heteroatoms. The summed E-state index contributed by atoms with van der Waals surface area (Å²) in [6, 6.07) is 7.89. The number of nitrogens with zero attached hydrogens (tertiary/aromatic N) is 3. The summed E-state index contributed by atoms with van der Waals surface area (Å²) in [5, 5.41) is 5.94. The van der Waals surface area contributed by atoms with Crippen LogP contribution in [0.5, 0.6) is 5.88 Å². The third-order valence-corrected chi connectivity index (χ3v) is 7.81. The van der Waals surface area contributed by atoms with Gasteiger partial charge < -0.3 is 25.2 Å². The number of carbonyl (C=O) groups is 3. The van der Waals surface area contributed by atoms with Gasteiger partial charge in [0.25, 0.3) is 11.8 Å². The number of sulfonamides is 1. The van der Waals surface area contributed by atoms with Gasteiger partial charge >= 0.3 is 6.03 Å². The molecule has 1 aromatic heterocycles. The standard InChI is InChI=1S/C26H32Cl2N6O6S/c1-3-21(40-23-20(28)10-19(27)12-31-23)22(35)30-11-17-5-4-6-18(9-17)24(36)34-15-26(16-34)13-33(14-26)8-7-29-25(37)32-41(2,38)39/h4-6,9-10,12,21H,3,7-8,11,13-16H2,1-2H3,(H,30,35)(H2,29,32,37). The predicted molar refractivity (Wildman–Crippen MR) is 153 cm³/mol. The second kappa shape index (κ2) is 12.8. The van der Waals surface area contributed by atoms with Gasteiger partial charge in [0.1, 0.15) is 5.02 Å². The van der Waals surface area contributed by atoms with Crippen LogP contribution in [0.25, 0.3) is 0 Å². The van der Waals surface area contributed by atoms with Crippen molar-refractivity contribution >= 4 is 51.1 Å². The van der Waals surface area contributed by atoms with E-state index in [0.29, 0.717) is 43.2 Å². The zero-order chi connectivity index (χ0) is 29.8. The van der Waals surface area contributed by atoms with E-state index >= 15 is 0 Å². The maximum atomic E-state index is 13.1. The van der Waals surface area contributed by atoms with Gasteiger partial charge in [-0.1, -0.05) is 42.3 Å². The zero-order valence-corrected chi connectivity index (χ0v) is 25.0. The van der Waals surface area contributed by atoms with Gasteiger partial charge in [0.2, 0.25) is 15.9 Å². The maximum Gasteiger partial charge on any atom is 0.328 e. The van der Waals surface area contributed by atoms with Crippen LogP contribution < -0.4 is 20.1 Å². The predicted octanol–water partition coefficient (Wildman–Crippen LogP) is 1.88. The van der Waals surface area contributed by atoms with Crippen LogP contribution in [0, 0.1) is 5.41 Å². The molecule has 2 saturated heterocycles. The lowest BCUT2D eigenvalue weighted by Gasteiger charge is -2.60. The van der Waals surface area contributed by atoms with E-state index in [1.807, 2.05) is 17.7 Å². The zero-order valence-electron chi connectivity index (χ0n) is 22.7. The molecule has 2 aromatic rings. The second-order valence-corrected chi connectivity index (χ2v) is 13.0. The van der Waals surface area contributed by atoms with Crippen LogP contribution in [0.2, 0.25) is 10.0 Å². The van der Waals surface area contributed by atoms with Crippen LogP contribution in [0.3, 0.4) is 0 Å². The molecule has 0 saturated carbocycles.